The van der Waals surface area contributed by atoms with E-state index in [2.05, 4.69) is 27.9 Å². The number of hydrogen-bond donors (Lipinski definition) is 1. The number of rotatable bonds is 6. The molecule has 0 aromatic carbocycles. The van der Waals surface area contributed by atoms with Crippen LogP contribution in [-0.4, -0.2) is 16.9 Å². The van der Waals surface area contributed by atoms with E-state index >= 15 is 0 Å². The number of unbranched alkanes of at least 4 members (excludes halogenated alkanes) is 2. The molecule has 1 amide bonds. The lowest BCUT2D eigenvalue weighted by atomic mass is 10.2. The molecule has 0 saturated carbocycles. The van der Waals surface area contributed by atoms with Crippen LogP contribution < -0.4 is 5.32 Å². The summed E-state index contributed by atoms with van der Waals surface area (Å²) in [6.07, 6.45) is 3.34. The Bertz CT molecular complexity index is 314. The Morgan fingerprint density at radius 1 is 1.40 bits per heavy atom. The molecule has 0 aliphatic carbocycles. The molecule has 1 rings (SSSR count). The Morgan fingerprint density at radius 3 is 2.80 bits per heavy atom. The van der Waals surface area contributed by atoms with Gasteiger partial charge < -0.3 is 9.73 Å². The van der Waals surface area contributed by atoms with Crippen LogP contribution in [0.1, 0.15) is 29.8 Å². The molecule has 84 valence electrons. The van der Waals surface area contributed by atoms with Crippen molar-refractivity contribution in [3.8, 4) is 0 Å². The summed E-state index contributed by atoms with van der Waals surface area (Å²) < 4.78 is 6.14. The molecule has 0 fully saturated rings. The van der Waals surface area contributed by atoms with Crippen molar-refractivity contribution in [2.24, 2.45) is 0 Å². The average molecular weight is 342 g/mol. The quantitative estimate of drug-likeness (QED) is 0.490. The third-order valence-corrected chi connectivity index (χ3v) is 2.86. The number of carbonyl (C=O) groups excluding carboxylic acids is 1. The van der Waals surface area contributed by atoms with Gasteiger partial charge in [-0.3, -0.25) is 4.79 Å². The standard InChI is InChI=1S/C10H13ClINO2/c11-9-5-4-8(15-9)10(14)13-7-3-1-2-6-12/h4-5H,1-3,6-7H2,(H,13,14). The van der Waals surface area contributed by atoms with Crippen LogP contribution >= 0.6 is 34.2 Å². The van der Waals surface area contributed by atoms with E-state index < -0.39 is 0 Å². The van der Waals surface area contributed by atoms with Crippen molar-refractivity contribution in [3.05, 3.63) is 23.1 Å². The van der Waals surface area contributed by atoms with E-state index in [1.165, 1.54) is 10.8 Å². The lowest BCUT2D eigenvalue weighted by Crippen LogP contribution is -2.23. The fourth-order valence-corrected chi connectivity index (χ4v) is 1.81. The second kappa shape index (κ2) is 7.11. The van der Waals surface area contributed by atoms with Crippen LogP contribution in [0.4, 0.5) is 0 Å². The summed E-state index contributed by atoms with van der Waals surface area (Å²) >= 11 is 7.91. The molecule has 0 radical (unpaired) electrons. The maximum absolute atomic E-state index is 11.4. The Morgan fingerprint density at radius 2 is 2.20 bits per heavy atom. The molecule has 1 aromatic heterocycles. The number of carbonyl (C=O) groups is 1. The zero-order valence-corrected chi connectivity index (χ0v) is 11.2. The van der Waals surface area contributed by atoms with Crippen molar-refractivity contribution in [2.75, 3.05) is 11.0 Å². The first-order chi connectivity index (χ1) is 7.24. The third-order valence-electron chi connectivity index (χ3n) is 1.89. The maximum atomic E-state index is 11.4. The van der Waals surface area contributed by atoms with Crippen molar-refractivity contribution < 1.29 is 9.21 Å². The first-order valence-electron chi connectivity index (χ1n) is 4.83. The summed E-state index contributed by atoms with van der Waals surface area (Å²) in [5.41, 5.74) is 0. The predicted molar refractivity (Wildman–Crippen MR) is 68.8 cm³/mol. The molecule has 1 aromatic rings. The van der Waals surface area contributed by atoms with Gasteiger partial charge in [-0.05, 0) is 41.0 Å². The Hall–Kier alpha value is -0.230. The van der Waals surface area contributed by atoms with E-state index in [1.807, 2.05) is 0 Å². The summed E-state index contributed by atoms with van der Waals surface area (Å²) in [7, 11) is 0. The number of amides is 1. The minimum Gasteiger partial charge on any atom is -0.440 e. The molecule has 3 nitrogen and oxygen atoms in total. The summed E-state index contributed by atoms with van der Waals surface area (Å²) in [5.74, 6) is 0.0743. The molecule has 0 saturated heterocycles. The van der Waals surface area contributed by atoms with Crippen LogP contribution in [0.5, 0.6) is 0 Å². The number of nitrogens with one attached hydrogen (secondary N) is 1. The van der Waals surface area contributed by atoms with Gasteiger partial charge in [0.25, 0.3) is 5.91 Å². The molecule has 0 bridgehead atoms. The van der Waals surface area contributed by atoms with Gasteiger partial charge in [0.05, 0.1) is 0 Å². The minimum absolute atomic E-state index is 0.198. The molecule has 1 heterocycles. The molecule has 1 N–H and O–H groups in total. The van der Waals surface area contributed by atoms with Crippen LogP contribution in [0, 0.1) is 0 Å². The monoisotopic (exact) mass is 341 g/mol. The van der Waals surface area contributed by atoms with E-state index in [0.717, 1.165) is 12.8 Å². The molecular formula is C10H13ClINO2. The normalized spacial score (nSPS) is 10.3. The van der Waals surface area contributed by atoms with Crippen LogP contribution in [-0.2, 0) is 0 Å². The van der Waals surface area contributed by atoms with Gasteiger partial charge in [0.1, 0.15) is 0 Å². The van der Waals surface area contributed by atoms with Crippen molar-refractivity contribution in [1.82, 2.24) is 5.32 Å². The van der Waals surface area contributed by atoms with Crippen LogP contribution in [0.25, 0.3) is 0 Å². The number of hydrogen-bond acceptors (Lipinski definition) is 2. The van der Waals surface area contributed by atoms with Crippen LogP contribution in [0.15, 0.2) is 16.5 Å². The number of alkyl halides is 1. The van der Waals surface area contributed by atoms with Crippen molar-refractivity contribution in [2.45, 2.75) is 19.3 Å². The van der Waals surface area contributed by atoms with Crippen LogP contribution in [0.2, 0.25) is 5.22 Å². The highest BCUT2D eigenvalue weighted by atomic mass is 127. The Kier molecular flexibility index (Phi) is 6.09. The summed E-state index contributed by atoms with van der Waals surface area (Å²) in [6.45, 7) is 0.688. The molecule has 0 atom stereocenters. The number of halogens is 2. The SMILES string of the molecule is O=C(NCCCCCI)c1ccc(Cl)o1. The molecule has 0 aliphatic heterocycles. The molecule has 5 heteroatoms. The zero-order chi connectivity index (χ0) is 11.1. The second-order valence-corrected chi connectivity index (χ2v) is 4.56. The Balaban J connectivity index is 2.19. The number of furan rings is 1. The van der Waals surface area contributed by atoms with Gasteiger partial charge in [-0.1, -0.05) is 29.0 Å². The first kappa shape index (κ1) is 12.8. The highest BCUT2D eigenvalue weighted by Crippen LogP contribution is 2.12. The van der Waals surface area contributed by atoms with E-state index in [0.29, 0.717) is 6.54 Å². The molecule has 0 spiro atoms. The minimum atomic E-state index is -0.198. The first-order valence-corrected chi connectivity index (χ1v) is 6.74. The topological polar surface area (TPSA) is 42.2 Å². The summed E-state index contributed by atoms with van der Waals surface area (Å²) in [4.78, 5) is 11.4. The Labute approximate surface area is 108 Å². The smallest absolute Gasteiger partial charge is 0.287 e. The highest BCUT2D eigenvalue weighted by Gasteiger charge is 2.08. The van der Waals surface area contributed by atoms with Gasteiger partial charge in [0.2, 0.25) is 0 Å². The molecule has 0 unspecified atom stereocenters. The maximum Gasteiger partial charge on any atom is 0.287 e. The van der Waals surface area contributed by atoms with Crippen molar-refractivity contribution in [3.63, 3.8) is 0 Å². The van der Waals surface area contributed by atoms with Gasteiger partial charge in [-0.25, -0.2) is 0 Å². The molecular weight excluding hydrogens is 328 g/mol. The lowest BCUT2D eigenvalue weighted by Gasteiger charge is -2.01. The summed E-state index contributed by atoms with van der Waals surface area (Å²) in [6, 6.07) is 3.13. The van der Waals surface area contributed by atoms with Crippen LogP contribution in [0.3, 0.4) is 0 Å². The molecule has 15 heavy (non-hydrogen) atoms. The third kappa shape index (κ3) is 4.88. The predicted octanol–water partition coefficient (Wildman–Crippen LogP) is 3.27. The van der Waals surface area contributed by atoms with Gasteiger partial charge in [0, 0.05) is 6.54 Å². The van der Waals surface area contributed by atoms with Gasteiger partial charge in [0.15, 0.2) is 11.0 Å². The largest absolute Gasteiger partial charge is 0.440 e. The van der Waals surface area contributed by atoms with Crippen molar-refractivity contribution in [1.29, 1.82) is 0 Å². The van der Waals surface area contributed by atoms with E-state index in [1.54, 1.807) is 12.1 Å². The summed E-state index contributed by atoms with van der Waals surface area (Å²) in [5, 5.41) is 3.02. The van der Waals surface area contributed by atoms with Gasteiger partial charge >= 0.3 is 0 Å². The molecule has 0 aliphatic rings. The fourth-order valence-electron chi connectivity index (χ4n) is 1.12. The highest BCUT2D eigenvalue weighted by molar-refractivity contribution is 14.1. The van der Waals surface area contributed by atoms with Gasteiger partial charge in [-0.15, -0.1) is 0 Å². The van der Waals surface area contributed by atoms with Gasteiger partial charge in [-0.2, -0.15) is 0 Å². The van der Waals surface area contributed by atoms with E-state index in [-0.39, 0.29) is 16.9 Å². The fraction of sp³-hybridized carbons (Fsp3) is 0.500. The average Bonchev–Trinajstić information content (AvgIpc) is 2.64. The van der Waals surface area contributed by atoms with E-state index in [4.69, 9.17) is 16.0 Å². The lowest BCUT2D eigenvalue weighted by molar-refractivity contribution is 0.0925. The zero-order valence-electron chi connectivity index (χ0n) is 8.26. The van der Waals surface area contributed by atoms with Crippen molar-refractivity contribution >= 4 is 40.1 Å². The van der Waals surface area contributed by atoms with E-state index in [9.17, 15) is 4.79 Å². The second-order valence-electron chi connectivity index (χ2n) is 3.11.